The molecule has 0 aliphatic rings. The summed E-state index contributed by atoms with van der Waals surface area (Å²) in [6, 6.07) is 21.4. The van der Waals surface area contributed by atoms with Gasteiger partial charge in [-0.15, -0.1) is 0 Å². The van der Waals surface area contributed by atoms with Crippen LogP contribution in [-0.4, -0.2) is 39.7 Å². The minimum absolute atomic E-state index is 0.155. The van der Waals surface area contributed by atoms with E-state index >= 15 is 0 Å². The molecule has 6 rings (SSSR count). The lowest BCUT2D eigenvalue weighted by Gasteiger charge is -2.15. The minimum atomic E-state index is -0.155. The fourth-order valence-corrected chi connectivity index (χ4v) is 4.82. The van der Waals surface area contributed by atoms with Gasteiger partial charge in [-0.05, 0) is 41.6 Å². The van der Waals surface area contributed by atoms with Crippen LogP contribution in [0.1, 0.15) is 11.1 Å². The monoisotopic (exact) mass is 558 g/mol. The van der Waals surface area contributed by atoms with E-state index in [1.54, 1.807) is 38.1 Å². The van der Waals surface area contributed by atoms with Crippen molar-refractivity contribution in [2.45, 2.75) is 19.1 Å². The SMILES string of the molecule is COc1cc2c(cc1OCc1cccnc1)ncc1c(N)nc(-c3cncc(OC[C@@H](N)Cc4ccccc4)c3)cc12. The summed E-state index contributed by atoms with van der Waals surface area (Å²) in [5.74, 6) is 2.14. The molecule has 6 aromatic rings. The van der Waals surface area contributed by atoms with Gasteiger partial charge in [-0.25, -0.2) is 4.98 Å². The lowest BCUT2D eigenvalue weighted by atomic mass is 10.0. The first kappa shape index (κ1) is 26.9. The molecular weight excluding hydrogens is 528 g/mol. The van der Waals surface area contributed by atoms with Crippen molar-refractivity contribution in [3.05, 3.63) is 109 Å². The summed E-state index contributed by atoms with van der Waals surface area (Å²) in [5.41, 5.74) is 17.0. The summed E-state index contributed by atoms with van der Waals surface area (Å²) >= 11 is 0. The van der Waals surface area contributed by atoms with Crippen molar-refractivity contribution in [2.24, 2.45) is 5.73 Å². The average molecular weight is 559 g/mol. The zero-order chi connectivity index (χ0) is 28.9. The smallest absolute Gasteiger partial charge is 0.163 e. The second-order valence-electron chi connectivity index (χ2n) is 9.95. The predicted octanol–water partition coefficient (Wildman–Crippen LogP) is 5.36. The van der Waals surface area contributed by atoms with Gasteiger partial charge in [0.2, 0.25) is 0 Å². The summed E-state index contributed by atoms with van der Waals surface area (Å²) in [4.78, 5) is 17.8. The second kappa shape index (κ2) is 12.1. The lowest BCUT2D eigenvalue weighted by Crippen LogP contribution is -2.30. The van der Waals surface area contributed by atoms with Crippen molar-refractivity contribution < 1.29 is 14.2 Å². The highest BCUT2D eigenvalue weighted by atomic mass is 16.5. The Morgan fingerprint density at radius 1 is 0.786 bits per heavy atom. The van der Waals surface area contributed by atoms with Crippen LogP contribution in [0.3, 0.4) is 0 Å². The van der Waals surface area contributed by atoms with Gasteiger partial charge in [0.25, 0.3) is 0 Å². The molecule has 210 valence electrons. The number of ether oxygens (including phenoxy) is 3. The maximum atomic E-state index is 6.43. The van der Waals surface area contributed by atoms with Gasteiger partial charge in [0.15, 0.2) is 11.5 Å². The van der Waals surface area contributed by atoms with Gasteiger partial charge in [-0.3, -0.25) is 15.0 Å². The maximum absolute atomic E-state index is 6.43. The molecule has 9 nitrogen and oxygen atoms in total. The van der Waals surface area contributed by atoms with E-state index in [0.29, 0.717) is 42.0 Å². The standard InChI is InChI=1S/C33H30N6O3/c1-40-31-13-27-26-12-29(23-11-25(17-37-16-23)41-20-24(34)10-21-6-3-2-4-7-21)39-33(35)28(26)18-38-30(27)14-32(31)42-19-22-8-5-9-36-15-22/h2-9,11-18,24H,10,19-20,34H2,1H3,(H2,35,39)/t24-/m0/s1. The molecule has 0 fully saturated rings. The normalized spacial score (nSPS) is 11.9. The first-order valence-corrected chi connectivity index (χ1v) is 13.5. The Balaban J connectivity index is 1.28. The van der Waals surface area contributed by atoms with Crippen LogP contribution in [0.5, 0.6) is 17.2 Å². The Kier molecular flexibility index (Phi) is 7.74. The third kappa shape index (κ3) is 5.91. The third-order valence-electron chi connectivity index (χ3n) is 6.92. The van der Waals surface area contributed by atoms with Crippen LogP contribution in [0.4, 0.5) is 5.82 Å². The first-order valence-electron chi connectivity index (χ1n) is 13.5. The van der Waals surface area contributed by atoms with Crippen LogP contribution in [0, 0.1) is 0 Å². The molecule has 0 saturated heterocycles. The van der Waals surface area contributed by atoms with Gasteiger partial charge < -0.3 is 25.7 Å². The molecule has 0 spiro atoms. The summed E-state index contributed by atoms with van der Waals surface area (Å²) in [7, 11) is 1.61. The number of hydrogen-bond donors (Lipinski definition) is 2. The Morgan fingerprint density at radius 2 is 1.64 bits per heavy atom. The molecule has 0 aliphatic heterocycles. The molecule has 4 N–H and O–H groups in total. The highest BCUT2D eigenvalue weighted by Crippen LogP contribution is 2.37. The van der Waals surface area contributed by atoms with Crippen molar-refractivity contribution in [2.75, 3.05) is 19.5 Å². The van der Waals surface area contributed by atoms with Gasteiger partial charge in [0.05, 0.1) is 24.5 Å². The Hall–Kier alpha value is -5.28. The van der Waals surface area contributed by atoms with Crippen LogP contribution in [0.2, 0.25) is 0 Å². The van der Waals surface area contributed by atoms with E-state index in [-0.39, 0.29) is 6.04 Å². The highest BCUT2D eigenvalue weighted by molar-refractivity contribution is 6.10. The van der Waals surface area contributed by atoms with Gasteiger partial charge in [0, 0.05) is 58.8 Å². The number of methoxy groups -OCH3 is 1. The quantitative estimate of drug-likeness (QED) is 0.213. The van der Waals surface area contributed by atoms with Crippen molar-refractivity contribution in [3.8, 4) is 28.5 Å². The molecular formula is C33H30N6O3. The number of nitrogen functional groups attached to an aromatic ring is 1. The Morgan fingerprint density at radius 3 is 2.45 bits per heavy atom. The fourth-order valence-electron chi connectivity index (χ4n) is 4.82. The molecule has 0 aliphatic carbocycles. The van der Waals surface area contributed by atoms with Gasteiger partial charge in [-0.1, -0.05) is 36.4 Å². The second-order valence-corrected chi connectivity index (χ2v) is 9.95. The number of fused-ring (bicyclic) bond motifs is 3. The summed E-state index contributed by atoms with van der Waals surface area (Å²) in [6.07, 6.45) is 9.35. The van der Waals surface area contributed by atoms with E-state index in [4.69, 9.17) is 25.7 Å². The number of benzene rings is 2. The molecule has 0 unspecified atom stereocenters. The lowest BCUT2D eigenvalue weighted by molar-refractivity contribution is 0.284. The summed E-state index contributed by atoms with van der Waals surface area (Å²) < 4.78 is 17.7. The average Bonchev–Trinajstić information content (AvgIpc) is 3.03. The largest absolute Gasteiger partial charge is 0.493 e. The number of aromatic nitrogens is 4. The van der Waals surface area contributed by atoms with Crippen LogP contribution in [0.25, 0.3) is 32.9 Å². The predicted molar refractivity (Wildman–Crippen MR) is 163 cm³/mol. The van der Waals surface area contributed by atoms with Crippen LogP contribution < -0.4 is 25.7 Å². The van der Waals surface area contributed by atoms with Crippen molar-refractivity contribution in [1.29, 1.82) is 0 Å². The Labute approximate surface area is 243 Å². The maximum Gasteiger partial charge on any atom is 0.163 e. The topological polar surface area (TPSA) is 131 Å². The summed E-state index contributed by atoms with van der Waals surface area (Å²) in [6.45, 7) is 0.710. The van der Waals surface area contributed by atoms with Gasteiger partial charge in [0.1, 0.15) is 24.8 Å². The molecule has 0 bridgehead atoms. The fraction of sp³-hybridized carbons (Fsp3) is 0.152. The number of nitrogens with two attached hydrogens (primary N) is 2. The van der Waals surface area contributed by atoms with E-state index in [0.717, 1.165) is 39.2 Å². The number of nitrogens with zero attached hydrogens (tertiary/aromatic N) is 4. The minimum Gasteiger partial charge on any atom is -0.493 e. The molecule has 9 heteroatoms. The van der Waals surface area contributed by atoms with E-state index in [9.17, 15) is 0 Å². The molecule has 42 heavy (non-hydrogen) atoms. The molecule has 0 radical (unpaired) electrons. The zero-order valence-electron chi connectivity index (χ0n) is 23.1. The van der Waals surface area contributed by atoms with E-state index in [1.165, 1.54) is 5.56 Å². The molecule has 4 heterocycles. The Bertz CT molecular complexity index is 1830. The number of hydrogen-bond acceptors (Lipinski definition) is 9. The first-order chi connectivity index (χ1) is 20.6. The number of anilines is 1. The molecule has 0 saturated carbocycles. The summed E-state index contributed by atoms with van der Waals surface area (Å²) in [5, 5.41) is 2.49. The highest BCUT2D eigenvalue weighted by Gasteiger charge is 2.15. The van der Waals surface area contributed by atoms with Crippen LogP contribution in [-0.2, 0) is 13.0 Å². The van der Waals surface area contributed by atoms with Gasteiger partial charge in [-0.2, -0.15) is 0 Å². The van der Waals surface area contributed by atoms with Crippen LogP contribution >= 0.6 is 0 Å². The van der Waals surface area contributed by atoms with E-state index in [2.05, 4.69) is 32.1 Å². The van der Waals surface area contributed by atoms with Crippen molar-refractivity contribution in [3.63, 3.8) is 0 Å². The third-order valence-corrected chi connectivity index (χ3v) is 6.92. The van der Waals surface area contributed by atoms with Crippen molar-refractivity contribution >= 4 is 27.5 Å². The molecule has 4 aromatic heterocycles. The number of pyridine rings is 4. The van der Waals surface area contributed by atoms with Crippen LogP contribution in [0.15, 0.2) is 97.7 Å². The molecule has 1 atom stereocenters. The number of rotatable bonds is 10. The van der Waals surface area contributed by atoms with Crippen molar-refractivity contribution in [1.82, 2.24) is 19.9 Å². The van der Waals surface area contributed by atoms with E-state index in [1.807, 2.05) is 54.6 Å². The van der Waals surface area contributed by atoms with E-state index < -0.39 is 0 Å². The zero-order valence-corrected chi connectivity index (χ0v) is 23.1. The molecule has 2 aromatic carbocycles. The molecule has 0 amide bonds. The van der Waals surface area contributed by atoms with Gasteiger partial charge >= 0.3 is 0 Å².